The highest BCUT2D eigenvalue weighted by Gasteiger charge is 2.19. The van der Waals surface area contributed by atoms with Crippen molar-refractivity contribution in [3.63, 3.8) is 0 Å². The first-order valence-electron chi connectivity index (χ1n) is 6.36. The Labute approximate surface area is 125 Å². The van der Waals surface area contributed by atoms with Gasteiger partial charge in [0.25, 0.3) is 0 Å². The molecule has 22 heavy (non-hydrogen) atoms. The molecule has 6 heteroatoms. The zero-order valence-electron chi connectivity index (χ0n) is 11.9. The van der Waals surface area contributed by atoms with E-state index in [4.69, 9.17) is 10.2 Å². The Hall–Kier alpha value is -3.02. The van der Waals surface area contributed by atoms with Gasteiger partial charge in [-0.15, -0.1) is 0 Å². The van der Waals surface area contributed by atoms with Gasteiger partial charge in [0, 0.05) is 11.1 Å². The molecular formula is C16H14O6. The maximum absolute atomic E-state index is 11.0. The summed E-state index contributed by atoms with van der Waals surface area (Å²) < 4.78 is 0. The lowest BCUT2D eigenvalue weighted by Gasteiger charge is -2.15. The lowest BCUT2D eigenvalue weighted by atomic mass is 9.92. The number of carboxylic acid groups (broad SMARTS) is 2. The van der Waals surface area contributed by atoms with Crippen molar-refractivity contribution in [2.24, 2.45) is 0 Å². The van der Waals surface area contributed by atoms with Crippen molar-refractivity contribution in [1.29, 1.82) is 0 Å². The molecule has 6 nitrogen and oxygen atoms in total. The molecule has 2 aromatic carbocycles. The summed E-state index contributed by atoms with van der Waals surface area (Å²) in [6.07, 6.45) is 0. The van der Waals surface area contributed by atoms with Crippen LogP contribution in [-0.4, -0.2) is 32.4 Å². The number of phenolic OH excluding ortho intramolecular Hbond substituents is 2. The Morgan fingerprint density at radius 1 is 0.727 bits per heavy atom. The number of aryl methyl sites for hydroxylation is 2. The number of phenols is 2. The van der Waals surface area contributed by atoms with Gasteiger partial charge in [0.15, 0.2) is 0 Å². The second kappa shape index (κ2) is 5.40. The van der Waals surface area contributed by atoms with Crippen molar-refractivity contribution in [2.75, 3.05) is 0 Å². The third-order valence-electron chi connectivity index (χ3n) is 3.37. The smallest absolute Gasteiger partial charge is 0.335 e. The van der Waals surface area contributed by atoms with E-state index >= 15 is 0 Å². The average molecular weight is 302 g/mol. The normalized spacial score (nSPS) is 10.5. The van der Waals surface area contributed by atoms with E-state index in [9.17, 15) is 19.8 Å². The van der Waals surface area contributed by atoms with Crippen LogP contribution >= 0.6 is 0 Å². The minimum Gasteiger partial charge on any atom is -0.507 e. The van der Waals surface area contributed by atoms with E-state index in [0.29, 0.717) is 11.1 Å². The maximum Gasteiger partial charge on any atom is 0.335 e. The summed E-state index contributed by atoms with van der Waals surface area (Å²) in [5, 5.41) is 38.2. The molecule has 0 saturated carbocycles. The molecule has 0 aliphatic carbocycles. The minimum absolute atomic E-state index is 0.0713. The van der Waals surface area contributed by atoms with Crippen LogP contribution in [0.2, 0.25) is 0 Å². The van der Waals surface area contributed by atoms with Gasteiger partial charge in [-0.1, -0.05) is 0 Å². The third-order valence-corrected chi connectivity index (χ3v) is 3.37. The summed E-state index contributed by atoms with van der Waals surface area (Å²) in [6, 6.07) is 4.94. The van der Waals surface area contributed by atoms with Crippen LogP contribution in [0.4, 0.5) is 0 Å². The van der Waals surface area contributed by atoms with E-state index in [1.807, 2.05) is 0 Å². The first-order chi connectivity index (χ1) is 10.2. The maximum atomic E-state index is 11.0. The molecule has 0 saturated heterocycles. The van der Waals surface area contributed by atoms with Crippen molar-refractivity contribution in [1.82, 2.24) is 0 Å². The molecule has 0 fully saturated rings. The van der Waals surface area contributed by atoms with Crippen molar-refractivity contribution >= 4 is 11.9 Å². The Balaban J connectivity index is 2.72. The van der Waals surface area contributed by atoms with Gasteiger partial charge in [0.05, 0.1) is 11.1 Å². The Morgan fingerprint density at radius 2 is 1.05 bits per heavy atom. The number of hydrogen-bond donors (Lipinski definition) is 4. The van der Waals surface area contributed by atoms with Crippen LogP contribution in [0.25, 0.3) is 11.1 Å². The number of rotatable bonds is 3. The van der Waals surface area contributed by atoms with Crippen LogP contribution in [0.15, 0.2) is 24.3 Å². The van der Waals surface area contributed by atoms with E-state index in [-0.39, 0.29) is 33.8 Å². The summed E-state index contributed by atoms with van der Waals surface area (Å²) in [5.41, 5.74) is 1.32. The largest absolute Gasteiger partial charge is 0.507 e. The zero-order chi connectivity index (χ0) is 16.6. The molecule has 0 aromatic heterocycles. The second-order valence-corrected chi connectivity index (χ2v) is 4.98. The number of hydrogen-bond acceptors (Lipinski definition) is 4. The van der Waals surface area contributed by atoms with Gasteiger partial charge in [0.2, 0.25) is 0 Å². The van der Waals surface area contributed by atoms with E-state index in [2.05, 4.69) is 0 Å². The Morgan fingerprint density at radius 3 is 1.27 bits per heavy atom. The number of benzene rings is 2. The molecule has 0 unspecified atom stereocenters. The summed E-state index contributed by atoms with van der Waals surface area (Å²) in [5.74, 6) is -2.93. The van der Waals surface area contributed by atoms with Gasteiger partial charge in [-0.2, -0.15) is 0 Å². The van der Waals surface area contributed by atoms with Crippen LogP contribution in [0.1, 0.15) is 31.8 Å². The number of carbonyl (C=O) groups is 2. The van der Waals surface area contributed by atoms with Crippen molar-refractivity contribution in [2.45, 2.75) is 13.8 Å². The first kappa shape index (κ1) is 15.4. The third kappa shape index (κ3) is 2.58. The number of aromatic carboxylic acids is 2. The van der Waals surface area contributed by atoms with Gasteiger partial charge in [0.1, 0.15) is 11.5 Å². The molecule has 0 aliphatic heterocycles. The van der Waals surface area contributed by atoms with Gasteiger partial charge >= 0.3 is 11.9 Å². The quantitative estimate of drug-likeness (QED) is 0.693. The molecule has 2 rings (SSSR count). The fraction of sp³-hybridized carbons (Fsp3) is 0.125. The van der Waals surface area contributed by atoms with Gasteiger partial charge in [-0.05, 0) is 49.2 Å². The van der Waals surface area contributed by atoms with Gasteiger partial charge in [-0.25, -0.2) is 9.59 Å². The molecule has 4 N–H and O–H groups in total. The predicted octanol–water partition coefficient (Wildman–Crippen LogP) is 2.78. The molecule has 0 aliphatic rings. The van der Waals surface area contributed by atoms with E-state index in [1.165, 1.54) is 12.1 Å². The monoisotopic (exact) mass is 302 g/mol. The summed E-state index contributed by atoms with van der Waals surface area (Å²) in [4.78, 5) is 22.0. The molecule has 0 heterocycles. The Bertz CT molecular complexity index is 678. The Kier molecular flexibility index (Phi) is 3.77. The molecule has 0 bridgehead atoms. The number of aromatic hydroxyl groups is 2. The van der Waals surface area contributed by atoms with Gasteiger partial charge < -0.3 is 20.4 Å². The fourth-order valence-corrected chi connectivity index (χ4v) is 2.43. The molecule has 0 amide bonds. The van der Waals surface area contributed by atoms with Crippen LogP contribution in [0.5, 0.6) is 11.5 Å². The molecule has 0 spiro atoms. The molecule has 114 valence electrons. The highest BCUT2D eigenvalue weighted by atomic mass is 16.4. The summed E-state index contributed by atoms with van der Waals surface area (Å²) in [6.45, 7) is 3.21. The molecule has 2 aromatic rings. The van der Waals surface area contributed by atoms with Crippen molar-refractivity contribution in [3.8, 4) is 22.6 Å². The first-order valence-corrected chi connectivity index (χ1v) is 6.36. The van der Waals surface area contributed by atoms with Crippen LogP contribution in [0, 0.1) is 13.8 Å². The highest BCUT2D eigenvalue weighted by Crippen LogP contribution is 2.41. The van der Waals surface area contributed by atoms with Crippen LogP contribution in [0.3, 0.4) is 0 Å². The predicted molar refractivity (Wildman–Crippen MR) is 78.6 cm³/mol. The molecule has 0 radical (unpaired) electrons. The lowest BCUT2D eigenvalue weighted by Crippen LogP contribution is -2.00. The topological polar surface area (TPSA) is 115 Å². The molecule has 0 atom stereocenters. The van der Waals surface area contributed by atoms with Crippen molar-refractivity contribution < 1.29 is 30.0 Å². The van der Waals surface area contributed by atoms with Crippen molar-refractivity contribution in [3.05, 3.63) is 46.5 Å². The van der Waals surface area contributed by atoms with Crippen LogP contribution in [-0.2, 0) is 0 Å². The SMILES string of the molecule is Cc1cc(C(=O)O)cc(O)c1-c1c(C)cc(C(=O)O)cc1O. The fourth-order valence-electron chi connectivity index (χ4n) is 2.43. The van der Waals surface area contributed by atoms with E-state index in [1.54, 1.807) is 13.8 Å². The highest BCUT2D eigenvalue weighted by molar-refractivity contribution is 5.94. The summed E-state index contributed by atoms with van der Waals surface area (Å²) in [7, 11) is 0. The average Bonchev–Trinajstić information content (AvgIpc) is 2.40. The zero-order valence-corrected chi connectivity index (χ0v) is 11.9. The molecular weight excluding hydrogens is 288 g/mol. The van der Waals surface area contributed by atoms with E-state index in [0.717, 1.165) is 12.1 Å². The summed E-state index contributed by atoms with van der Waals surface area (Å²) >= 11 is 0. The van der Waals surface area contributed by atoms with E-state index < -0.39 is 11.9 Å². The number of carboxylic acids is 2. The lowest BCUT2D eigenvalue weighted by molar-refractivity contribution is 0.0685. The minimum atomic E-state index is -1.17. The van der Waals surface area contributed by atoms with Crippen LogP contribution < -0.4 is 0 Å². The second-order valence-electron chi connectivity index (χ2n) is 4.98. The standard InChI is InChI=1S/C16H14O6/c1-7-3-9(15(19)20)5-11(17)13(7)14-8(2)4-10(16(21)22)6-12(14)18/h3-6,17-18H,1-2H3,(H,19,20)(H,21,22). The van der Waals surface area contributed by atoms with Gasteiger partial charge in [-0.3, -0.25) is 0 Å².